The van der Waals surface area contributed by atoms with Gasteiger partial charge >= 0.3 is 0 Å². The Labute approximate surface area is 208 Å². The molecule has 0 radical (unpaired) electrons. The molecule has 0 spiro atoms. The number of rotatable bonds is 6. The van der Waals surface area contributed by atoms with Crippen LogP contribution in [0.15, 0.2) is 36.4 Å². The first-order valence-electron chi connectivity index (χ1n) is 10.9. The summed E-state index contributed by atoms with van der Waals surface area (Å²) >= 11 is 12.7. The minimum Gasteiger partial charge on any atom is -0.492 e. The number of hydrogen-bond donors (Lipinski definition) is 0. The van der Waals surface area contributed by atoms with E-state index >= 15 is 0 Å². The minimum atomic E-state index is -0.0255. The van der Waals surface area contributed by atoms with E-state index in [2.05, 4.69) is 19.8 Å². The fourth-order valence-corrected chi connectivity index (χ4v) is 4.26. The molecular formula is C24H24Cl2N6O2. The van der Waals surface area contributed by atoms with Crippen LogP contribution in [0.2, 0.25) is 10.0 Å². The standard InChI is InChI=1S/C24H24Cl2N6O2/c1-4-34-20-14-17(8-9-18(20)25)30-10-12-31(13-11-30)22(33)15-32-16(2)23(26)24(29-32)19-6-5-7-21(27-3)28-19/h5-9,14H,4,10-13,15H2,1-2H3. The van der Waals surface area contributed by atoms with Crippen molar-refractivity contribution in [1.29, 1.82) is 0 Å². The fraction of sp³-hybridized carbons (Fsp3) is 0.333. The highest BCUT2D eigenvalue weighted by Gasteiger charge is 2.25. The van der Waals surface area contributed by atoms with E-state index in [1.807, 2.05) is 36.9 Å². The molecule has 0 N–H and O–H groups in total. The molecule has 3 heterocycles. The van der Waals surface area contributed by atoms with E-state index in [0.29, 0.717) is 65.7 Å². The molecule has 1 aromatic carbocycles. The van der Waals surface area contributed by atoms with Crippen molar-refractivity contribution in [3.05, 3.63) is 63.6 Å². The molecule has 1 aliphatic rings. The summed E-state index contributed by atoms with van der Waals surface area (Å²) in [6.45, 7) is 14.1. The second kappa shape index (κ2) is 10.3. The fourth-order valence-electron chi connectivity index (χ4n) is 3.86. The maximum atomic E-state index is 13.0. The Morgan fingerprint density at radius 3 is 2.65 bits per heavy atom. The zero-order chi connectivity index (χ0) is 24.2. The van der Waals surface area contributed by atoms with Gasteiger partial charge in [-0.15, -0.1) is 4.98 Å². The summed E-state index contributed by atoms with van der Waals surface area (Å²) in [5.74, 6) is 0.907. The quantitative estimate of drug-likeness (QED) is 0.454. The molecule has 0 bridgehead atoms. The van der Waals surface area contributed by atoms with Gasteiger partial charge in [-0.1, -0.05) is 35.8 Å². The Bertz CT molecular complexity index is 1240. The van der Waals surface area contributed by atoms with Gasteiger partial charge in [0.15, 0.2) is 11.4 Å². The molecule has 1 amide bonds. The highest BCUT2D eigenvalue weighted by atomic mass is 35.5. The van der Waals surface area contributed by atoms with E-state index in [9.17, 15) is 4.79 Å². The second-order valence-electron chi connectivity index (χ2n) is 7.81. The van der Waals surface area contributed by atoms with Crippen molar-refractivity contribution in [1.82, 2.24) is 19.7 Å². The number of aromatic nitrogens is 3. The van der Waals surface area contributed by atoms with Crippen LogP contribution in [-0.2, 0) is 11.3 Å². The summed E-state index contributed by atoms with van der Waals surface area (Å²) in [5.41, 5.74) is 2.68. The Morgan fingerprint density at radius 2 is 1.94 bits per heavy atom. The van der Waals surface area contributed by atoms with Crippen molar-refractivity contribution < 1.29 is 9.53 Å². The molecule has 8 nitrogen and oxygen atoms in total. The van der Waals surface area contributed by atoms with Crippen LogP contribution in [0.25, 0.3) is 16.2 Å². The predicted molar refractivity (Wildman–Crippen MR) is 133 cm³/mol. The number of hydrogen-bond acceptors (Lipinski definition) is 5. The molecular weight excluding hydrogens is 475 g/mol. The lowest BCUT2D eigenvalue weighted by molar-refractivity contribution is -0.132. The normalized spacial score (nSPS) is 13.6. The highest BCUT2D eigenvalue weighted by Crippen LogP contribution is 2.31. The topological polar surface area (TPSA) is 67.9 Å². The van der Waals surface area contributed by atoms with Gasteiger partial charge in [0.2, 0.25) is 5.91 Å². The number of piperazine rings is 1. The van der Waals surface area contributed by atoms with Crippen LogP contribution in [0.1, 0.15) is 12.6 Å². The van der Waals surface area contributed by atoms with E-state index in [4.69, 9.17) is 34.5 Å². The molecule has 0 atom stereocenters. The smallest absolute Gasteiger partial charge is 0.270 e. The lowest BCUT2D eigenvalue weighted by Crippen LogP contribution is -2.49. The van der Waals surface area contributed by atoms with Crippen LogP contribution in [-0.4, -0.2) is 58.4 Å². The zero-order valence-electron chi connectivity index (χ0n) is 19.0. The van der Waals surface area contributed by atoms with E-state index in [-0.39, 0.29) is 18.3 Å². The van der Waals surface area contributed by atoms with Crippen LogP contribution in [0.3, 0.4) is 0 Å². The Hall–Kier alpha value is -3.28. The molecule has 0 unspecified atom stereocenters. The van der Waals surface area contributed by atoms with Gasteiger partial charge in [-0.2, -0.15) is 5.10 Å². The third-order valence-electron chi connectivity index (χ3n) is 5.72. The van der Waals surface area contributed by atoms with Crippen molar-refractivity contribution in [3.63, 3.8) is 0 Å². The summed E-state index contributed by atoms with van der Waals surface area (Å²) in [6, 6.07) is 10.9. The van der Waals surface area contributed by atoms with E-state index in [1.54, 1.807) is 22.9 Å². The number of ether oxygens (including phenoxy) is 1. The second-order valence-corrected chi connectivity index (χ2v) is 8.60. The molecule has 0 saturated carbocycles. The molecule has 3 aromatic rings. The van der Waals surface area contributed by atoms with Crippen LogP contribution in [0.5, 0.6) is 5.75 Å². The molecule has 2 aromatic heterocycles. The van der Waals surface area contributed by atoms with Gasteiger partial charge in [-0.3, -0.25) is 9.48 Å². The van der Waals surface area contributed by atoms with Crippen molar-refractivity contribution in [2.45, 2.75) is 20.4 Å². The largest absolute Gasteiger partial charge is 0.492 e. The number of amides is 1. The monoisotopic (exact) mass is 498 g/mol. The van der Waals surface area contributed by atoms with Crippen LogP contribution in [0.4, 0.5) is 11.5 Å². The number of carbonyl (C=O) groups is 1. The first kappa shape index (κ1) is 23.9. The van der Waals surface area contributed by atoms with Crippen LogP contribution >= 0.6 is 23.2 Å². The number of carbonyl (C=O) groups excluding carboxylic acids is 1. The molecule has 10 heteroatoms. The van der Waals surface area contributed by atoms with Gasteiger partial charge in [-0.25, -0.2) is 0 Å². The van der Waals surface area contributed by atoms with E-state index in [1.165, 1.54) is 0 Å². The third kappa shape index (κ3) is 4.96. The molecule has 1 aliphatic heterocycles. The number of nitrogens with zero attached hydrogens (tertiary/aromatic N) is 6. The SMILES string of the molecule is [C-]#[N+]c1cccc(-c2nn(CC(=O)N3CCN(c4ccc(Cl)c(OCC)c4)CC3)c(C)c2Cl)n1. The average molecular weight is 499 g/mol. The van der Waals surface area contributed by atoms with Crippen molar-refractivity contribution >= 4 is 40.6 Å². The zero-order valence-corrected chi connectivity index (χ0v) is 20.5. The molecule has 176 valence electrons. The van der Waals surface area contributed by atoms with E-state index in [0.717, 1.165) is 5.69 Å². The Kier molecular flexibility index (Phi) is 7.25. The summed E-state index contributed by atoms with van der Waals surface area (Å²) in [6.07, 6.45) is 0. The third-order valence-corrected chi connectivity index (χ3v) is 6.49. The summed E-state index contributed by atoms with van der Waals surface area (Å²) in [4.78, 5) is 24.7. The van der Waals surface area contributed by atoms with E-state index < -0.39 is 0 Å². The van der Waals surface area contributed by atoms with Gasteiger partial charge < -0.3 is 19.4 Å². The van der Waals surface area contributed by atoms with Crippen molar-refractivity contribution in [3.8, 4) is 17.1 Å². The summed E-state index contributed by atoms with van der Waals surface area (Å²) in [7, 11) is 0. The predicted octanol–water partition coefficient (Wildman–Crippen LogP) is 4.86. The maximum Gasteiger partial charge on any atom is 0.270 e. The number of benzene rings is 1. The molecule has 34 heavy (non-hydrogen) atoms. The maximum absolute atomic E-state index is 13.0. The average Bonchev–Trinajstić information content (AvgIpc) is 3.14. The van der Waals surface area contributed by atoms with Gasteiger partial charge in [0.25, 0.3) is 5.82 Å². The van der Waals surface area contributed by atoms with Gasteiger partial charge in [0.1, 0.15) is 12.3 Å². The first-order valence-corrected chi connectivity index (χ1v) is 11.7. The van der Waals surface area contributed by atoms with Gasteiger partial charge in [0.05, 0.1) is 22.3 Å². The number of halogens is 2. The van der Waals surface area contributed by atoms with Crippen LogP contribution in [0, 0.1) is 13.5 Å². The molecule has 4 rings (SSSR count). The Morgan fingerprint density at radius 1 is 1.18 bits per heavy atom. The van der Waals surface area contributed by atoms with Crippen LogP contribution < -0.4 is 9.64 Å². The summed E-state index contributed by atoms with van der Waals surface area (Å²) in [5, 5.41) is 5.54. The number of pyridine rings is 1. The lowest BCUT2D eigenvalue weighted by Gasteiger charge is -2.36. The first-order chi connectivity index (χ1) is 16.4. The Balaban J connectivity index is 1.42. The molecule has 1 fully saturated rings. The minimum absolute atomic E-state index is 0.0255. The lowest BCUT2D eigenvalue weighted by atomic mass is 10.2. The highest BCUT2D eigenvalue weighted by molar-refractivity contribution is 6.33. The van der Waals surface area contributed by atoms with Gasteiger partial charge in [-0.05, 0) is 38.1 Å². The van der Waals surface area contributed by atoms with Crippen molar-refractivity contribution in [2.75, 3.05) is 37.7 Å². The molecule has 0 aliphatic carbocycles. The molecule has 1 saturated heterocycles. The van der Waals surface area contributed by atoms with Gasteiger partial charge in [0, 0.05) is 37.9 Å². The summed E-state index contributed by atoms with van der Waals surface area (Å²) < 4.78 is 7.20. The van der Waals surface area contributed by atoms with Crippen molar-refractivity contribution in [2.24, 2.45) is 0 Å². The number of anilines is 1.